The fraction of sp³-hybridized carbons (Fsp3) is 0.391. The number of benzene rings is 2. The van der Waals surface area contributed by atoms with Gasteiger partial charge in [0, 0.05) is 19.6 Å². The molecule has 1 heterocycles. The molecule has 3 rings (SSSR count). The van der Waals surface area contributed by atoms with E-state index in [1.165, 1.54) is 0 Å². The second kappa shape index (κ2) is 8.91. The lowest BCUT2D eigenvalue weighted by atomic mass is 9.80. The van der Waals surface area contributed by atoms with Gasteiger partial charge < -0.3 is 15.0 Å². The highest BCUT2D eigenvalue weighted by Gasteiger charge is 2.39. The molecule has 0 spiro atoms. The van der Waals surface area contributed by atoms with Gasteiger partial charge in [0.15, 0.2) is 0 Å². The van der Waals surface area contributed by atoms with Gasteiger partial charge in [-0.1, -0.05) is 42.5 Å². The second-order valence-electron chi connectivity index (χ2n) is 7.68. The van der Waals surface area contributed by atoms with Crippen LogP contribution in [-0.2, 0) is 22.6 Å². The van der Waals surface area contributed by atoms with E-state index < -0.39 is 5.41 Å². The number of methoxy groups -OCH3 is 1. The molecule has 1 fully saturated rings. The van der Waals surface area contributed by atoms with Crippen molar-refractivity contribution in [2.45, 2.75) is 32.7 Å². The van der Waals surface area contributed by atoms with Gasteiger partial charge in [-0.15, -0.1) is 0 Å². The average molecular weight is 380 g/mol. The quantitative estimate of drug-likeness (QED) is 0.837. The Balaban J connectivity index is 1.59. The summed E-state index contributed by atoms with van der Waals surface area (Å²) in [6.07, 6.45) is 1.94. The summed E-state index contributed by atoms with van der Waals surface area (Å²) in [5, 5.41) is 3.04. The standard InChI is InChI=1S/C23H28N2O3/c1-23(22(27)24-16-18-8-4-3-5-9-18)12-7-13-25(17-23)21(26)15-19-10-6-11-20(14-19)28-2/h3-6,8-11,14H,7,12-13,15-17H2,1-2H3,(H,24,27)/t23-/m1/s1. The molecule has 0 aliphatic carbocycles. The molecular formula is C23H28N2O3. The number of carbonyl (C=O) groups is 2. The largest absolute Gasteiger partial charge is 0.497 e. The van der Waals surface area contributed by atoms with Gasteiger partial charge in [0.25, 0.3) is 0 Å². The van der Waals surface area contributed by atoms with Crippen molar-refractivity contribution in [2.75, 3.05) is 20.2 Å². The van der Waals surface area contributed by atoms with Crippen LogP contribution >= 0.6 is 0 Å². The van der Waals surface area contributed by atoms with Gasteiger partial charge in [-0.05, 0) is 43.0 Å². The molecule has 2 aromatic rings. The van der Waals surface area contributed by atoms with Crippen LogP contribution in [0.5, 0.6) is 5.75 Å². The summed E-state index contributed by atoms with van der Waals surface area (Å²) in [5.41, 5.74) is 1.43. The Kier molecular flexibility index (Phi) is 6.34. The van der Waals surface area contributed by atoms with Crippen molar-refractivity contribution in [2.24, 2.45) is 5.41 Å². The van der Waals surface area contributed by atoms with E-state index in [0.29, 0.717) is 26.1 Å². The second-order valence-corrected chi connectivity index (χ2v) is 7.68. The Morgan fingerprint density at radius 3 is 2.61 bits per heavy atom. The topological polar surface area (TPSA) is 58.6 Å². The predicted molar refractivity (Wildman–Crippen MR) is 109 cm³/mol. The van der Waals surface area contributed by atoms with Crippen molar-refractivity contribution in [3.8, 4) is 5.75 Å². The number of nitrogens with one attached hydrogen (secondary N) is 1. The average Bonchev–Trinajstić information content (AvgIpc) is 2.73. The minimum absolute atomic E-state index is 0.00948. The minimum Gasteiger partial charge on any atom is -0.497 e. The highest BCUT2D eigenvalue weighted by atomic mass is 16.5. The number of hydrogen-bond donors (Lipinski definition) is 1. The summed E-state index contributed by atoms with van der Waals surface area (Å²) < 4.78 is 5.23. The molecule has 0 bridgehead atoms. The summed E-state index contributed by atoms with van der Waals surface area (Å²) in [6.45, 7) is 3.62. The van der Waals surface area contributed by atoms with E-state index in [9.17, 15) is 9.59 Å². The molecule has 2 aromatic carbocycles. The van der Waals surface area contributed by atoms with E-state index >= 15 is 0 Å². The van der Waals surface area contributed by atoms with Crippen LogP contribution in [0, 0.1) is 5.41 Å². The van der Waals surface area contributed by atoms with Crippen LogP contribution in [0.15, 0.2) is 54.6 Å². The maximum absolute atomic E-state index is 12.8. The lowest BCUT2D eigenvalue weighted by molar-refractivity contribution is -0.140. The first kappa shape index (κ1) is 19.9. The van der Waals surface area contributed by atoms with Crippen LogP contribution in [0.25, 0.3) is 0 Å². The Bertz CT molecular complexity index is 822. The third-order valence-electron chi connectivity index (χ3n) is 5.38. The molecule has 0 radical (unpaired) electrons. The molecule has 28 heavy (non-hydrogen) atoms. The van der Waals surface area contributed by atoms with Crippen molar-refractivity contribution in [1.82, 2.24) is 10.2 Å². The molecule has 1 aliphatic heterocycles. The van der Waals surface area contributed by atoms with E-state index in [4.69, 9.17) is 4.74 Å². The lowest BCUT2D eigenvalue weighted by Gasteiger charge is -2.39. The Morgan fingerprint density at radius 2 is 1.86 bits per heavy atom. The zero-order valence-corrected chi connectivity index (χ0v) is 16.6. The van der Waals surface area contributed by atoms with Crippen LogP contribution in [0.2, 0.25) is 0 Å². The fourth-order valence-corrected chi connectivity index (χ4v) is 3.70. The molecule has 5 nitrogen and oxygen atoms in total. The van der Waals surface area contributed by atoms with Gasteiger partial charge in [0.1, 0.15) is 5.75 Å². The van der Waals surface area contributed by atoms with Gasteiger partial charge in [0.2, 0.25) is 11.8 Å². The highest BCUT2D eigenvalue weighted by molar-refractivity contribution is 5.84. The van der Waals surface area contributed by atoms with Gasteiger partial charge in [0.05, 0.1) is 18.9 Å². The molecule has 0 aromatic heterocycles. The molecule has 1 saturated heterocycles. The third kappa shape index (κ3) is 4.91. The Morgan fingerprint density at radius 1 is 1.11 bits per heavy atom. The van der Waals surface area contributed by atoms with Crippen LogP contribution in [0.1, 0.15) is 30.9 Å². The van der Waals surface area contributed by atoms with E-state index in [2.05, 4.69) is 5.32 Å². The molecule has 1 aliphatic rings. The van der Waals surface area contributed by atoms with Crippen molar-refractivity contribution in [1.29, 1.82) is 0 Å². The Hall–Kier alpha value is -2.82. The van der Waals surface area contributed by atoms with Gasteiger partial charge in [-0.2, -0.15) is 0 Å². The summed E-state index contributed by atoms with van der Waals surface area (Å²) in [7, 11) is 1.62. The first-order valence-corrected chi connectivity index (χ1v) is 9.73. The number of hydrogen-bond acceptors (Lipinski definition) is 3. The van der Waals surface area contributed by atoms with E-state index in [1.54, 1.807) is 7.11 Å². The van der Waals surface area contributed by atoms with Crippen LogP contribution in [0.4, 0.5) is 0 Å². The Labute approximate surface area is 166 Å². The van der Waals surface area contributed by atoms with Crippen molar-refractivity contribution >= 4 is 11.8 Å². The van der Waals surface area contributed by atoms with Crippen LogP contribution in [-0.4, -0.2) is 36.9 Å². The molecular weight excluding hydrogens is 352 g/mol. The number of amides is 2. The molecule has 2 amide bonds. The maximum atomic E-state index is 12.8. The SMILES string of the molecule is COc1cccc(CC(=O)N2CCC[C@@](C)(C(=O)NCc3ccccc3)C2)c1. The first-order chi connectivity index (χ1) is 13.5. The third-order valence-corrected chi connectivity index (χ3v) is 5.38. The van der Waals surface area contributed by atoms with E-state index in [1.807, 2.05) is 66.4 Å². The van der Waals surface area contributed by atoms with E-state index in [0.717, 1.165) is 29.7 Å². The van der Waals surface area contributed by atoms with Crippen molar-refractivity contribution in [3.05, 3.63) is 65.7 Å². The molecule has 0 saturated carbocycles. The molecule has 5 heteroatoms. The number of likely N-dealkylation sites (tertiary alicyclic amines) is 1. The number of carbonyl (C=O) groups excluding carboxylic acids is 2. The highest BCUT2D eigenvalue weighted by Crippen LogP contribution is 2.30. The van der Waals surface area contributed by atoms with Gasteiger partial charge in [-0.3, -0.25) is 9.59 Å². The number of rotatable bonds is 6. The zero-order valence-electron chi connectivity index (χ0n) is 16.6. The van der Waals surface area contributed by atoms with Crippen molar-refractivity contribution in [3.63, 3.8) is 0 Å². The zero-order chi connectivity index (χ0) is 20.0. The summed E-state index contributed by atoms with van der Waals surface area (Å²) in [5.74, 6) is 0.805. The fourth-order valence-electron chi connectivity index (χ4n) is 3.70. The van der Waals surface area contributed by atoms with E-state index in [-0.39, 0.29) is 11.8 Å². The minimum atomic E-state index is -0.558. The summed E-state index contributed by atoms with van der Waals surface area (Å²) >= 11 is 0. The number of nitrogens with zero attached hydrogens (tertiary/aromatic N) is 1. The molecule has 1 atom stereocenters. The summed E-state index contributed by atoms with van der Waals surface area (Å²) in [4.78, 5) is 27.5. The van der Waals surface area contributed by atoms with Crippen molar-refractivity contribution < 1.29 is 14.3 Å². The smallest absolute Gasteiger partial charge is 0.227 e. The number of piperidine rings is 1. The van der Waals surface area contributed by atoms with Crippen LogP contribution in [0.3, 0.4) is 0 Å². The van der Waals surface area contributed by atoms with Crippen LogP contribution < -0.4 is 10.1 Å². The molecule has 0 unspecified atom stereocenters. The monoisotopic (exact) mass is 380 g/mol. The first-order valence-electron chi connectivity index (χ1n) is 9.73. The molecule has 1 N–H and O–H groups in total. The van der Waals surface area contributed by atoms with Gasteiger partial charge >= 0.3 is 0 Å². The number of ether oxygens (including phenoxy) is 1. The predicted octanol–water partition coefficient (Wildman–Crippen LogP) is 3.18. The normalized spacial score (nSPS) is 19.1. The maximum Gasteiger partial charge on any atom is 0.227 e. The lowest BCUT2D eigenvalue weighted by Crippen LogP contribution is -2.52. The summed E-state index contributed by atoms with van der Waals surface area (Å²) in [6, 6.07) is 17.4. The van der Waals surface area contributed by atoms with Gasteiger partial charge in [-0.25, -0.2) is 0 Å². The molecule has 148 valence electrons.